The van der Waals surface area contributed by atoms with E-state index in [1.807, 2.05) is 36.4 Å². The van der Waals surface area contributed by atoms with Crippen molar-refractivity contribution in [1.29, 1.82) is 0 Å². The SMILES string of the molecule is O=C(NCc1ccccc1)c1c[nH]n2c(=O)cc(-c3cccc(Cl)c3)nc12. The Kier molecular flexibility index (Phi) is 4.48. The number of benzene rings is 2. The zero-order valence-electron chi connectivity index (χ0n) is 14.1. The molecule has 27 heavy (non-hydrogen) atoms. The zero-order valence-corrected chi connectivity index (χ0v) is 14.9. The van der Waals surface area contributed by atoms with E-state index in [1.54, 1.807) is 18.2 Å². The van der Waals surface area contributed by atoms with E-state index < -0.39 is 0 Å². The summed E-state index contributed by atoms with van der Waals surface area (Å²) in [6.45, 7) is 0.384. The summed E-state index contributed by atoms with van der Waals surface area (Å²) in [5.74, 6) is -0.312. The maximum Gasteiger partial charge on any atom is 0.273 e. The number of rotatable bonds is 4. The first kappa shape index (κ1) is 17.1. The lowest BCUT2D eigenvalue weighted by Crippen LogP contribution is -2.23. The van der Waals surface area contributed by atoms with Gasteiger partial charge in [0.1, 0.15) is 5.56 Å². The zero-order chi connectivity index (χ0) is 18.8. The minimum atomic E-state index is -0.312. The first-order chi connectivity index (χ1) is 13.1. The molecule has 0 bridgehead atoms. The minimum absolute atomic E-state index is 0.267. The van der Waals surface area contributed by atoms with Crippen molar-refractivity contribution in [2.45, 2.75) is 6.54 Å². The van der Waals surface area contributed by atoms with Gasteiger partial charge in [0.25, 0.3) is 11.5 Å². The number of hydrogen-bond acceptors (Lipinski definition) is 3. The Hall–Kier alpha value is -3.38. The summed E-state index contributed by atoms with van der Waals surface area (Å²) in [6.07, 6.45) is 1.48. The Labute approximate surface area is 159 Å². The average molecular weight is 379 g/mol. The summed E-state index contributed by atoms with van der Waals surface area (Å²) in [4.78, 5) is 29.5. The largest absolute Gasteiger partial charge is 0.348 e. The molecule has 2 N–H and O–H groups in total. The molecule has 0 saturated heterocycles. The van der Waals surface area contributed by atoms with E-state index >= 15 is 0 Å². The highest BCUT2D eigenvalue weighted by Gasteiger charge is 2.16. The van der Waals surface area contributed by atoms with Crippen molar-refractivity contribution >= 4 is 23.2 Å². The van der Waals surface area contributed by atoms with Crippen molar-refractivity contribution in [3.8, 4) is 11.3 Å². The van der Waals surface area contributed by atoms with Crippen molar-refractivity contribution in [2.24, 2.45) is 0 Å². The molecule has 4 aromatic rings. The van der Waals surface area contributed by atoms with Gasteiger partial charge in [0.15, 0.2) is 5.65 Å². The third kappa shape index (κ3) is 3.47. The van der Waals surface area contributed by atoms with Crippen LogP contribution in [0.25, 0.3) is 16.9 Å². The van der Waals surface area contributed by atoms with Crippen LogP contribution in [0.5, 0.6) is 0 Å². The van der Waals surface area contributed by atoms with Crippen molar-refractivity contribution in [3.63, 3.8) is 0 Å². The second-order valence-electron chi connectivity index (χ2n) is 6.00. The number of H-pyrrole nitrogens is 1. The van der Waals surface area contributed by atoms with Crippen LogP contribution in [0.4, 0.5) is 0 Å². The van der Waals surface area contributed by atoms with Gasteiger partial charge in [-0.15, -0.1) is 0 Å². The summed E-state index contributed by atoms with van der Waals surface area (Å²) >= 11 is 6.03. The smallest absolute Gasteiger partial charge is 0.273 e. The molecule has 7 heteroatoms. The van der Waals surface area contributed by atoms with Gasteiger partial charge in [0.2, 0.25) is 0 Å². The summed E-state index contributed by atoms with van der Waals surface area (Å²) in [5.41, 5.74) is 2.40. The summed E-state index contributed by atoms with van der Waals surface area (Å²) in [6, 6.07) is 18.1. The van der Waals surface area contributed by atoms with E-state index in [4.69, 9.17) is 11.6 Å². The highest BCUT2D eigenvalue weighted by atomic mass is 35.5. The summed E-state index contributed by atoms with van der Waals surface area (Å²) in [7, 11) is 0. The highest BCUT2D eigenvalue weighted by Crippen LogP contribution is 2.21. The molecule has 2 heterocycles. The minimum Gasteiger partial charge on any atom is -0.348 e. The monoisotopic (exact) mass is 378 g/mol. The number of nitrogens with one attached hydrogen (secondary N) is 2. The lowest BCUT2D eigenvalue weighted by Gasteiger charge is -2.05. The van der Waals surface area contributed by atoms with Crippen LogP contribution in [0.15, 0.2) is 71.7 Å². The number of aromatic nitrogens is 3. The van der Waals surface area contributed by atoms with Gasteiger partial charge in [-0.25, -0.2) is 9.50 Å². The van der Waals surface area contributed by atoms with Gasteiger partial charge in [-0.2, -0.15) is 0 Å². The van der Waals surface area contributed by atoms with Crippen LogP contribution in [-0.4, -0.2) is 20.5 Å². The number of hydrogen-bond donors (Lipinski definition) is 2. The van der Waals surface area contributed by atoms with E-state index in [1.165, 1.54) is 16.8 Å². The third-order valence-corrected chi connectivity index (χ3v) is 4.39. The Bertz CT molecular complexity index is 1180. The van der Waals surface area contributed by atoms with Crippen LogP contribution < -0.4 is 10.9 Å². The summed E-state index contributed by atoms with van der Waals surface area (Å²) < 4.78 is 1.24. The molecule has 0 saturated carbocycles. The lowest BCUT2D eigenvalue weighted by molar-refractivity contribution is 0.0952. The fourth-order valence-electron chi connectivity index (χ4n) is 2.82. The molecular formula is C20H15ClN4O2. The van der Waals surface area contributed by atoms with Crippen LogP contribution in [0, 0.1) is 0 Å². The molecule has 0 atom stereocenters. The molecule has 6 nitrogen and oxygen atoms in total. The van der Waals surface area contributed by atoms with E-state index in [-0.39, 0.29) is 17.1 Å². The number of halogens is 1. The van der Waals surface area contributed by atoms with Gasteiger partial charge in [-0.3, -0.25) is 14.7 Å². The van der Waals surface area contributed by atoms with Gasteiger partial charge in [-0.1, -0.05) is 54.1 Å². The normalized spacial score (nSPS) is 10.9. The fraction of sp³-hybridized carbons (Fsp3) is 0.0500. The molecular weight excluding hydrogens is 364 g/mol. The van der Waals surface area contributed by atoms with Crippen LogP contribution >= 0.6 is 11.6 Å². The first-order valence-corrected chi connectivity index (χ1v) is 8.69. The summed E-state index contributed by atoms with van der Waals surface area (Å²) in [5, 5.41) is 6.17. The lowest BCUT2D eigenvalue weighted by atomic mass is 10.1. The van der Waals surface area contributed by atoms with Crippen molar-refractivity contribution in [3.05, 3.63) is 93.4 Å². The van der Waals surface area contributed by atoms with Crippen LogP contribution in [0.2, 0.25) is 5.02 Å². The van der Waals surface area contributed by atoms with Crippen molar-refractivity contribution in [2.75, 3.05) is 0 Å². The second-order valence-corrected chi connectivity index (χ2v) is 6.44. The van der Waals surface area contributed by atoms with Crippen LogP contribution in [0.3, 0.4) is 0 Å². The molecule has 0 aliphatic carbocycles. The molecule has 0 radical (unpaired) electrons. The standard InChI is InChI=1S/C20H15ClN4O2/c21-15-8-4-7-14(9-15)17-10-18(26)25-19(24-17)16(12-23-25)20(27)22-11-13-5-2-1-3-6-13/h1-10,12,23H,11H2,(H,22,27). The predicted molar refractivity (Wildman–Crippen MR) is 104 cm³/mol. The van der Waals surface area contributed by atoms with E-state index in [0.29, 0.717) is 28.4 Å². The number of carbonyl (C=O) groups is 1. The molecule has 4 rings (SSSR count). The van der Waals surface area contributed by atoms with Gasteiger partial charge in [0, 0.05) is 29.4 Å². The van der Waals surface area contributed by atoms with Crippen molar-refractivity contribution < 1.29 is 4.79 Å². The number of amides is 1. The molecule has 2 aromatic carbocycles. The molecule has 0 unspecified atom stereocenters. The average Bonchev–Trinajstić information content (AvgIpc) is 3.12. The molecule has 0 spiro atoms. The Balaban J connectivity index is 1.69. The van der Waals surface area contributed by atoms with E-state index in [2.05, 4.69) is 15.4 Å². The van der Waals surface area contributed by atoms with Gasteiger partial charge >= 0.3 is 0 Å². The predicted octanol–water partition coefficient (Wildman–Crippen LogP) is 3.27. The molecule has 2 aromatic heterocycles. The number of carbonyl (C=O) groups excluding carboxylic acids is 1. The third-order valence-electron chi connectivity index (χ3n) is 4.16. The van der Waals surface area contributed by atoms with Gasteiger partial charge in [-0.05, 0) is 17.7 Å². The van der Waals surface area contributed by atoms with Crippen molar-refractivity contribution in [1.82, 2.24) is 19.9 Å². The number of nitrogens with zero attached hydrogens (tertiary/aromatic N) is 2. The quantitative estimate of drug-likeness (QED) is 0.572. The Morgan fingerprint density at radius 1 is 1.11 bits per heavy atom. The second kappa shape index (κ2) is 7.09. The molecule has 0 aliphatic heterocycles. The molecule has 134 valence electrons. The van der Waals surface area contributed by atoms with Gasteiger partial charge in [0.05, 0.1) is 5.69 Å². The van der Waals surface area contributed by atoms with Gasteiger partial charge < -0.3 is 5.32 Å². The topological polar surface area (TPSA) is 79.3 Å². The Morgan fingerprint density at radius 2 is 1.93 bits per heavy atom. The highest BCUT2D eigenvalue weighted by molar-refractivity contribution is 6.30. The van der Waals surface area contributed by atoms with E-state index in [0.717, 1.165) is 5.56 Å². The number of fused-ring (bicyclic) bond motifs is 1. The molecule has 0 aliphatic rings. The molecule has 1 amide bonds. The number of aromatic amines is 1. The Morgan fingerprint density at radius 3 is 2.70 bits per heavy atom. The molecule has 0 fully saturated rings. The fourth-order valence-corrected chi connectivity index (χ4v) is 3.01. The maximum absolute atomic E-state index is 12.6. The van der Waals surface area contributed by atoms with Crippen LogP contribution in [0.1, 0.15) is 15.9 Å². The van der Waals surface area contributed by atoms with Crippen LogP contribution in [-0.2, 0) is 6.54 Å². The first-order valence-electron chi connectivity index (χ1n) is 8.31. The maximum atomic E-state index is 12.6. The van der Waals surface area contributed by atoms with E-state index in [9.17, 15) is 9.59 Å².